The van der Waals surface area contributed by atoms with Crippen LogP contribution in [0.15, 0.2) is 36.7 Å². The number of benzene rings is 1. The SMILES string of the molecule is CC(=O)CC[C@H]1CN(c2cc(F)c(N3CCNN(C(=O)CCc4cccnc4)CC3)c(F)c2)C(=O)O1. The molecule has 9 nitrogen and oxygen atoms in total. The number of nitrogens with zero attached hydrogens (tertiary/aromatic N) is 4. The number of amides is 2. The highest BCUT2D eigenvalue weighted by Crippen LogP contribution is 2.31. The van der Waals surface area contributed by atoms with Crippen LogP contribution in [0.3, 0.4) is 0 Å². The fraction of sp³-hybridized carbons (Fsp3) is 0.440. The Balaban J connectivity index is 1.38. The molecular weight excluding hydrogens is 472 g/mol. The van der Waals surface area contributed by atoms with Crippen LogP contribution in [0.4, 0.5) is 25.0 Å². The normalized spacial score (nSPS) is 18.2. The third kappa shape index (κ3) is 6.14. The molecule has 2 fully saturated rings. The van der Waals surface area contributed by atoms with Crippen LogP contribution < -0.4 is 15.2 Å². The molecule has 1 atom stereocenters. The number of hydrogen-bond donors (Lipinski definition) is 1. The Bertz CT molecular complexity index is 1090. The number of Topliss-reactive ketones (excluding diaryl/α,β-unsaturated/α-hetero) is 1. The molecule has 192 valence electrons. The van der Waals surface area contributed by atoms with Crippen molar-refractivity contribution >= 4 is 29.2 Å². The Kier molecular flexibility index (Phi) is 8.09. The van der Waals surface area contributed by atoms with Crippen molar-refractivity contribution in [3.63, 3.8) is 0 Å². The van der Waals surface area contributed by atoms with E-state index in [4.69, 9.17) is 4.74 Å². The molecule has 0 radical (unpaired) electrons. The van der Waals surface area contributed by atoms with E-state index in [1.165, 1.54) is 16.8 Å². The Morgan fingerprint density at radius 2 is 1.94 bits per heavy atom. The molecule has 0 saturated carbocycles. The molecule has 1 aromatic carbocycles. The van der Waals surface area contributed by atoms with Crippen molar-refractivity contribution in [2.75, 3.05) is 42.5 Å². The van der Waals surface area contributed by atoms with Crippen molar-refractivity contribution in [1.29, 1.82) is 0 Å². The number of cyclic esters (lactones) is 1. The number of aryl methyl sites for hydroxylation is 1. The van der Waals surface area contributed by atoms with Gasteiger partial charge in [0.05, 0.1) is 18.8 Å². The van der Waals surface area contributed by atoms with E-state index >= 15 is 8.78 Å². The Labute approximate surface area is 208 Å². The minimum Gasteiger partial charge on any atom is -0.444 e. The lowest BCUT2D eigenvalue weighted by molar-refractivity contribution is -0.133. The molecule has 0 bridgehead atoms. The molecule has 36 heavy (non-hydrogen) atoms. The van der Waals surface area contributed by atoms with Crippen molar-refractivity contribution in [2.45, 2.75) is 38.7 Å². The lowest BCUT2D eigenvalue weighted by Gasteiger charge is -2.25. The summed E-state index contributed by atoms with van der Waals surface area (Å²) in [6.45, 7) is 2.68. The number of halogens is 2. The first-order valence-electron chi connectivity index (χ1n) is 12.0. The van der Waals surface area contributed by atoms with E-state index in [0.717, 1.165) is 17.7 Å². The molecule has 1 aromatic heterocycles. The number of carbonyl (C=O) groups excluding carboxylic acids is 3. The summed E-state index contributed by atoms with van der Waals surface area (Å²) in [6.07, 6.45) is 3.64. The number of hydrogen-bond acceptors (Lipinski definition) is 7. The van der Waals surface area contributed by atoms with Crippen LogP contribution in [-0.4, -0.2) is 66.6 Å². The standard InChI is InChI=1S/C25H29F2N5O4/c1-17(33)4-6-20-16-31(25(35)36-20)19-13-21(26)24(22(27)14-19)30-10-9-29-32(12-11-30)23(34)7-5-18-3-2-8-28-15-18/h2-3,8,13-15,20,29H,4-7,9-12,16H2,1H3/t20-/m0/s1. The molecule has 2 aliphatic heterocycles. The number of ketones is 1. The van der Waals surface area contributed by atoms with Gasteiger partial charge in [0.15, 0.2) is 11.6 Å². The first kappa shape index (κ1) is 25.5. The van der Waals surface area contributed by atoms with Gasteiger partial charge in [-0.25, -0.2) is 19.0 Å². The van der Waals surface area contributed by atoms with Crippen LogP contribution in [0.5, 0.6) is 0 Å². The summed E-state index contributed by atoms with van der Waals surface area (Å²) in [6, 6.07) is 5.95. The van der Waals surface area contributed by atoms with Crippen LogP contribution in [0.1, 0.15) is 31.7 Å². The number of pyridine rings is 1. The van der Waals surface area contributed by atoms with E-state index < -0.39 is 23.8 Å². The monoisotopic (exact) mass is 501 g/mol. The molecule has 3 heterocycles. The van der Waals surface area contributed by atoms with Gasteiger partial charge in [0.1, 0.15) is 17.6 Å². The number of hydrazine groups is 1. The topological polar surface area (TPSA) is 95.1 Å². The molecule has 2 saturated heterocycles. The first-order chi connectivity index (χ1) is 17.3. The summed E-state index contributed by atoms with van der Waals surface area (Å²) >= 11 is 0. The van der Waals surface area contributed by atoms with E-state index in [9.17, 15) is 14.4 Å². The van der Waals surface area contributed by atoms with E-state index in [2.05, 4.69) is 10.4 Å². The van der Waals surface area contributed by atoms with Gasteiger partial charge in [-0.1, -0.05) is 6.07 Å². The summed E-state index contributed by atoms with van der Waals surface area (Å²) < 4.78 is 35.5. The number of carbonyl (C=O) groups is 3. The quantitative estimate of drug-likeness (QED) is 0.594. The van der Waals surface area contributed by atoms with Crippen molar-refractivity contribution in [3.8, 4) is 0 Å². The number of aromatic nitrogens is 1. The molecule has 4 rings (SSSR count). The molecular formula is C25H29F2N5O4. The van der Waals surface area contributed by atoms with Gasteiger partial charge in [-0.2, -0.15) is 0 Å². The third-order valence-corrected chi connectivity index (χ3v) is 6.25. The minimum atomic E-state index is -0.804. The maximum atomic E-state index is 15.1. The van der Waals surface area contributed by atoms with Crippen LogP contribution in [0.25, 0.3) is 0 Å². The van der Waals surface area contributed by atoms with E-state index in [-0.39, 0.29) is 55.5 Å². The minimum absolute atomic E-state index is 0.0216. The predicted octanol–water partition coefficient (Wildman–Crippen LogP) is 2.84. The van der Waals surface area contributed by atoms with Gasteiger partial charge in [-0.05, 0) is 31.4 Å². The zero-order valence-corrected chi connectivity index (χ0v) is 20.1. The molecule has 2 aromatic rings. The Morgan fingerprint density at radius 3 is 2.64 bits per heavy atom. The highest BCUT2D eigenvalue weighted by atomic mass is 19.1. The predicted molar refractivity (Wildman–Crippen MR) is 128 cm³/mol. The zero-order valence-electron chi connectivity index (χ0n) is 20.1. The Morgan fingerprint density at radius 1 is 1.17 bits per heavy atom. The average molecular weight is 502 g/mol. The number of ether oxygens (including phenoxy) is 1. The van der Waals surface area contributed by atoms with Crippen LogP contribution in [0.2, 0.25) is 0 Å². The van der Waals surface area contributed by atoms with E-state index in [1.807, 2.05) is 12.1 Å². The van der Waals surface area contributed by atoms with Crippen molar-refractivity contribution < 1.29 is 27.9 Å². The van der Waals surface area contributed by atoms with Crippen molar-refractivity contribution in [1.82, 2.24) is 15.4 Å². The molecule has 1 N–H and O–H groups in total. The zero-order chi connectivity index (χ0) is 25.7. The largest absolute Gasteiger partial charge is 0.444 e. The van der Waals surface area contributed by atoms with Crippen molar-refractivity contribution in [2.24, 2.45) is 0 Å². The summed E-state index contributed by atoms with van der Waals surface area (Å²) in [5.74, 6) is -1.74. The molecule has 0 aliphatic carbocycles. The third-order valence-electron chi connectivity index (χ3n) is 6.25. The molecule has 2 aliphatic rings. The fourth-order valence-corrected chi connectivity index (χ4v) is 4.36. The maximum Gasteiger partial charge on any atom is 0.414 e. The van der Waals surface area contributed by atoms with Crippen LogP contribution in [0, 0.1) is 11.6 Å². The van der Waals surface area contributed by atoms with Crippen molar-refractivity contribution in [3.05, 3.63) is 53.9 Å². The molecule has 11 heteroatoms. The summed E-state index contributed by atoms with van der Waals surface area (Å²) in [5.41, 5.74) is 3.84. The summed E-state index contributed by atoms with van der Waals surface area (Å²) in [5, 5.41) is 1.49. The highest BCUT2D eigenvalue weighted by molar-refractivity contribution is 5.90. The van der Waals surface area contributed by atoms with Gasteiger partial charge in [0.2, 0.25) is 5.91 Å². The Hall–Kier alpha value is -3.60. The van der Waals surface area contributed by atoms with E-state index in [0.29, 0.717) is 25.9 Å². The van der Waals surface area contributed by atoms with Gasteiger partial charge in [-0.3, -0.25) is 19.7 Å². The second-order valence-electron chi connectivity index (χ2n) is 8.92. The second kappa shape index (κ2) is 11.4. The van der Waals surface area contributed by atoms with Gasteiger partial charge in [-0.15, -0.1) is 0 Å². The average Bonchev–Trinajstić information content (AvgIpc) is 3.06. The smallest absolute Gasteiger partial charge is 0.414 e. The summed E-state index contributed by atoms with van der Waals surface area (Å²) in [4.78, 5) is 42.9. The maximum absolute atomic E-state index is 15.1. The number of rotatable bonds is 8. The number of anilines is 2. The second-order valence-corrected chi connectivity index (χ2v) is 8.92. The summed E-state index contributed by atoms with van der Waals surface area (Å²) in [7, 11) is 0. The van der Waals surface area contributed by atoms with Gasteiger partial charge >= 0.3 is 6.09 Å². The number of nitrogens with one attached hydrogen (secondary N) is 1. The molecule has 2 amide bonds. The molecule has 0 spiro atoms. The van der Waals surface area contributed by atoms with Gasteiger partial charge < -0.3 is 14.4 Å². The lowest BCUT2D eigenvalue weighted by atomic mass is 10.1. The van der Waals surface area contributed by atoms with Crippen LogP contribution >= 0.6 is 0 Å². The fourth-order valence-electron chi connectivity index (χ4n) is 4.36. The van der Waals surface area contributed by atoms with Gasteiger partial charge in [0.25, 0.3) is 0 Å². The molecule has 0 unspecified atom stereocenters. The lowest BCUT2D eigenvalue weighted by Crippen LogP contribution is -2.43. The first-order valence-corrected chi connectivity index (χ1v) is 12.0. The van der Waals surface area contributed by atoms with Crippen LogP contribution in [-0.2, 0) is 20.7 Å². The highest BCUT2D eigenvalue weighted by Gasteiger charge is 2.34. The van der Waals surface area contributed by atoms with Gasteiger partial charge in [0, 0.05) is 57.0 Å². The van der Waals surface area contributed by atoms with E-state index in [1.54, 1.807) is 17.3 Å².